The third-order valence-electron chi connectivity index (χ3n) is 0. The Balaban J connectivity index is 0. The maximum Gasteiger partial charge on any atom is 0.314 e. The molecule has 0 spiro atoms. The molecule has 0 aliphatic heterocycles. The summed E-state index contributed by atoms with van der Waals surface area (Å²) in [4.78, 5) is 14.3. The lowest BCUT2D eigenvalue weighted by atomic mass is 15.8. The highest BCUT2D eigenvalue weighted by atomic mass is 31.1. The van der Waals surface area contributed by atoms with Gasteiger partial charge < -0.3 is 9.79 Å². The maximum atomic E-state index is 8.74. The van der Waals surface area contributed by atoms with E-state index in [1.54, 1.807) is 0 Å². The normalized spacial score (nSPS) is 7.00. The molecule has 5 heavy (non-hydrogen) atoms. The molecule has 0 fully saturated rings. The summed E-state index contributed by atoms with van der Waals surface area (Å²) in [5, 5.41) is 0. The van der Waals surface area contributed by atoms with E-state index < -0.39 is 8.25 Å². The summed E-state index contributed by atoms with van der Waals surface area (Å²) in [5.41, 5.74) is 0. The molecule has 34 valence electrons. The Kier molecular flexibility index (Phi) is 8.37. The van der Waals surface area contributed by atoms with Crippen LogP contribution in [0.15, 0.2) is 0 Å². The fraction of sp³-hybridized carbons (Fsp3) is 0. The van der Waals surface area contributed by atoms with Gasteiger partial charge in [0.1, 0.15) is 0 Å². The Labute approximate surface area is 33.6 Å². The third kappa shape index (κ3) is 90.6. The molecule has 0 aliphatic carbocycles. The molecular formula is H6O3P2. The van der Waals surface area contributed by atoms with Crippen molar-refractivity contribution in [3.8, 4) is 0 Å². The summed E-state index contributed by atoms with van der Waals surface area (Å²) >= 11 is 0. The molecule has 0 radical (unpaired) electrons. The van der Waals surface area contributed by atoms with Crippen molar-refractivity contribution in [3.05, 3.63) is 0 Å². The van der Waals surface area contributed by atoms with Crippen LogP contribution in [0.3, 0.4) is 0 Å². The minimum Gasteiger partial charge on any atom is -0.326 e. The van der Waals surface area contributed by atoms with Gasteiger partial charge in [-0.1, -0.05) is 0 Å². The summed E-state index contributed by atoms with van der Waals surface area (Å²) in [6.07, 6.45) is 0. The largest absolute Gasteiger partial charge is 0.326 e. The minimum absolute atomic E-state index is 0. The number of hydrogen-bond acceptors (Lipinski definition) is 1. The lowest BCUT2D eigenvalue weighted by Gasteiger charge is -1.61. The molecule has 5 heteroatoms. The van der Waals surface area contributed by atoms with Crippen LogP contribution in [0.1, 0.15) is 0 Å². The smallest absolute Gasteiger partial charge is 0.314 e. The van der Waals surface area contributed by atoms with E-state index in [2.05, 4.69) is 0 Å². The molecule has 0 saturated heterocycles. The molecule has 0 saturated carbocycles. The highest BCUT2D eigenvalue weighted by Gasteiger charge is 1.61. The van der Waals surface area contributed by atoms with Crippen molar-refractivity contribution in [3.63, 3.8) is 0 Å². The van der Waals surface area contributed by atoms with Gasteiger partial charge in [-0.25, -0.2) is 0 Å². The molecule has 0 aromatic carbocycles. The second-order valence-corrected chi connectivity index (χ2v) is 0.848. The Hall–Kier alpha value is 0.580. The summed E-state index contributed by atoms with van der Waals surface area (Å²) in [6.45, 7) is 0. The van der Waals surface area contributed by atoms with Crippen molar-refractivity contribution in [2.24, 2.45) is 0 Å². The van der Waals surface area contributed by atoms with Crippen LogP contribution < -0.4 is 0 Å². The first-order valence-corrected chi connectivity index (χ1v) is 1.95. The van der Waals surface area contributed by atoms with Gasteiger partial charge in [0.25, 0.3) is 0 Å². The van der Waals surface area contributed by atoms with Gasteiger partial charge >= 0.3 is 8.25 Å². The molecule has 0 aromatic rings. The molecule has 0 heterocycles. The lowest BCUT2D eigenvalue weighted by Crippen LogP contribution is -1.38. The average molecular weight is 116 g/mol. The Morgan fingerprint density at radius 2 is 1.40 bits per heavy atom. The minimum atomic E-state index is -3.13. The summed E-state index contributed by atoms with van der Waals surface area (Å²) in [7, 11) is -3.13. The van der Waals surface area contributed by atoms with E-state index in [0.717, 1.165) is 0 Å². The van der Waals surface area contributed by atoms with Crippen molar-refractivity contribution in [1.82, 2.24) is 0 Å². The van der Waals surface area contributed by atoms with Gasteiger partial charge in [0, 0.05) is 0 Å². The van der Waals surface area contributed by atoms with Crippen LogP contribution in [0.4, 0.5) is 0 Å². The topological polar surface area (TPSA) is 57.5 Å². The van der Waals surface area contributed by atoms with Gasteiger partial charge in [-0.2, -0.15) is 9.90 Å². The monoisotopic (exact) mass is 116 g/mol. The van der Waals surface area contributed by atoms with Crippen LogP contribution in [0.2, 0.25) is 0 Å². The highest BCUT2D eigenvalue weighted by Crippen LogP contribution is 1.98. The maximum absolute atomic E-state index is 8.74. The summed E-state index contributed by atoms with van der Waals surface area (Å²) < 4.78 is 8.74. The molecule has 0 bridgehead atoms. The Morgan fingerprint density at radius 3 is 1.40 bits per heavy atom. The van der Waals surface area contributed by atoms with E-state index in [1.807, 2.05) is 0 Å². The van der Waals surface area contributed by atoms with E-state index in [4.69, 9.17) is 14.4 Å². The number of hydrogen-bond donors (Lipinski definition) is 2. The molecule has 1 unspecified atom stereocenters. The zero-order valence-corrected chi connectivity index (χ0v) is 4.92. The van der Waals surface area contributed by atoms with E-state index in [1.165, 1.54) is 0 Å². The van der Waals surface area contributed by atoms with Gasteiger partial charge in [-0.3, -0.25) is 4.57 Å². The van der Waals surface area contributed by atoms with E-state index in [-0.39, 0.29) is 9.90 Å². The predicted octanol–water partition coefficient (Wildman–Crippen LogP) is -0.581. The van der Waals surface area contributed by atoms with Gasteiger partial charge in [0.2, 0.25) is 0 Å². The van der Waals surface area contributed by atoms with Gasteiger partial charge in [0.05, 0.1) is 0 Å². The van der Waals surface area contributed by atoms with Crippen LogP contribution in [-0.2, 0) is 4.57 Å². The zero-order valence-electron chi connectivity index (χ0n) is 2.51. The quantitative estimate of drug-likeness (QED) is 0.416. The first kappa shape index (κ1) is 9.13. The van der Waals surface area contributed by atoms with Crippen molar-refractivity contribution in [2.75, 3.05) is 0 Å². The van der Waals surface area contributed by atoms with Crippen LogP contribution in [0, 0.1) is 0 Å². The molecule has 2 N–H and O–H groups in total. The van der Waals surface area contributed by atoms with E-state index in [0.29, 0.717) is 0 Å². The lowest BCUT2D eigenvalue weighted by molar-refractivity contribution is 0.405. The fourth-order valence-corrected chi connectivity index (χ4v) is 0. The molecule has 0 amide bonds. The van der Waals surface area contributed by atoms with Gasteiger partial charge in [-0.15, -0.1) is 0 Å². The zero-order chi connectivity index (χ0) is 3.58. The molecule has 0 rings (SSSR count). The predicted molar refractivity (Wildman–Crippen MR) is 24.5 cm³/mol. The molecular weight excluding hydrogens is 110 g/mol. The van der Waals surface area contributed by atoms with Gasteiger partial charge in [0.15, 0.2) is 0 Å². The van der Waals surface area contributed by atoms with Crippen molar-refractivity contribution >= 4 is 18.2 Å². The van der Waals surface area contributed by atoms with Crippen LogP contribution in [0.5, 0.6) is 0 Å². The summed E-state index contributed by atoms with van der Waals surface area (Å²) in [5.74, 6) is 0. The Morgan fingerprint density at radius 1 is 1.40 bits per heavy atom. The standard InChI is InChI=1S/H3O3P.H3P/c1-4(2)3;/h4H,(H2,1,2,3);1H3. The van der Waals surface area contributed by atoms with E-state index >= 15 is 0 Å². The summed E-state index contributed by atoms with van der Waals surface area (Å²) in [6, 6.07) is 0. The number of rotatable bonds is 0. The van der Waals surface area contributed by atoms with Crippen LogP contribution in [0.25, 0.3) is 0 Å². The SMILES string of the molecule is O=[PH](O)O.P. The van der Waals surface area contributed by atoms with Gasteiger partial charge in [-0.05, 0) is 0 Å². The Bertz CT molecular complexity index is 27.9. The molecule has 0 aliphatic rings. The van der Waals surface area contributed by atoms with Crippen LogP contribution >= 0.6 is 18.2 Å². The molecule has 1 atom stereocenters. The third-order valence-corrected chi connectivity index (χ3v) is 0. The fourth-order valence-electron chi connectivity index (χ4n) is 0. The van der Waals surface area contributed by atoms with E-state index in [9.17, 15) is 0 Å². The van der Waals surface area contributed by atoms with Crippen LogP contribution in [-0.4, -0.2) is 9.79 Å². The van der Waals surface area contributed by atoms with Crippen molar-refractivity contribution in [1.29, 1.82) is 0 Å². The highest BCUT2D eigenvalue weighted by molar-refractivity contribution is 7.30. The molecule has 3 nitrogen and oxygen atoms in total. The first-order chi connectivity index (χ1) is 1.73. The second-order valence-electron chi connectivity index (χ2n) is 0.283. The van der Waals surface area contributed by atoms with Crippen molar-refractivity contribution < 1.29 is 14.4 Å². The average Bonchev–Trinajstić information content (AvgIpc) is 0.811. The second kappa shape index (κ2) is 4.58. The van der Waals surface area contributed by atoms with Crippen molar-refractivity contribution in [2.45, 2.75) is 0 Å². The molecule has 0 aromatic heterocycles. The first-order valence-electron chi connectivity index (χ1n) is 0.651.